The van der Waals surface area contributed by atoms with Crippen molar-refractivity contribution in [1.29, 1.82) is 0 Å². The van der Waals surface area contributed by atoms with Crippen LogP contribution in [0.25, 0.3) is 0 Å². The highest BCUT2D eigenvalue weighted by Gasteiger charge is 2.24. The van der Waals surface area contributed by atoms with Crippen LogP contribution in [0.2, 0.25) is 0 Å². The average Bonchev–Trinajstić information content (AvgIpc) is 2.43. The van der Waals surface area contributed by atoms with Gasteiger partial charge in [-0.25, -0.2) is 0 Å². The van der Waals surface area contributed by atoms with Crippen LogP contribution < -0.4 is 11.1 Å². The van der Waals surface area contributed by atoms with Crippen molar-refractivity contribution < 1.29 is 18.4 Å². The second-order valence-corrected chi connectivity index (χ2v) is 5.71. The number of alkyl halides is 2. The molecule has 0 aliphatic carbocycles. The van der Waals surface area contributed by atoms with Crippen LogP contribution in [0.5, 0.6) is 0 Å². The molecule has 1 rings (SSSR count). The highest BCUT2D eigenvalue weighted by Crippen LogP contribution is 2.25. The molecule has 7 heteroatoms. The van der Waals surface area contributed by atoms with Gasteiger partial charge in [0.25, 0.3) is 11.7 Å². The molecule has 2 amide bonds. The zero-order valence-corrected chi connectivity index (χ0v) is 12.6. The third-order valence-corrected chi connectivity index (χ3v) is 3.87. The first-order valence-electron chi connectivity index (χ1n) is 6.50. The molecule has 0 bridgehead atoms. The number of nitrogens with two attached hydrogens (primary N) is 1. The third-order valence-electron chi connectivity index (χ3n) is 3.15. The maximum absolute atomic E-state index is 12.2. The van der Waals surface area contributed by atoms with Gasteiger partial charge in [-0.3, -0.25) is 9.59 Å². The van der Waals surface area contributed by atoms with Crippen LogP contribution in [0.1, 0.15) is 30.6 Å². The predicted octanol–water partition coefficient (Wildman–Crippen LogP) is 2.63. The fourth-order valence-electron chi connectivity index (χ4n) is 1.74. The summed E-state index contributed by atoms with van der Waals surface area (Å²) in [4.78, 5) is 23.8. The number of halogens is 2. The number of hydrogen-bond donors (Lipinski definition) is 2. The number of amides is 2. The largest absolute Gasteiger partial charge is 0.368 e. The van der Waals surface area contributed by atoms with Crippen LogP contribution in [-0.4, -0.2) is 23.6 Å². The summed E-state index contributed by atoms with van der Waals surface area (Å²) >= 11 is 0.407. The lowest BCUT2D eigenvalue weighted by Gasteiger charge is -2.21. The standard InChI is InChI=1S/C14H18F2N2O2S/c1-3-8(2)11(12(17)19)18-13(20)9-4-6-10(7-5-9)21-14(15)16/h4-8,11,14H,3H2,1-2H3,(H2,17,19)(H,18,20). The Hall–Kier alpha value is -1.63. The molecule has 1 aromatic carbocycles. The molecule has 116 valence electrons. The van der Waals surface area contributed by atoms with E-state index >= 15 is 0 Å². The summed E-state index contributed by atoms with van der Waals surface area (Å²) in [6.07, 6.45) is 0.692. The molecule has 0 saturated heterocycles. The van der Waals surface area contributed by atoms with E-state index in [0.29, 0.717) is 28.6 Å². The molecule has 0 heterocycles. The van der Waals surface area contributed by atoms with Gasteiger partial charge in [0.05, 0.1) is 0 Å². The number of primary amides is 1. The summed E-state index contributed by atoms with van der Waals surface area (Å²) in [6.45, 7) is 3.71. The zero-order chi connectivity index (χ0) is 16.0. The Balaban J connectivity index is 2.76. The Morgan fingerprint density at radius 3 is 2.29 bits per heavy atom. The van der Waals surface area contributed by atoms with Crippen molar-refractivity contribution in [2.45, 2.75) is 37.0 Å². The van der Waals surface area contributed by atoms with E-state index in [1.165, 1.54) is 24.3 Å². The van der Waals surface area contributed by atoms with E-state index in [1.807, 2.05) is 13.8 Å². The van der Waals surface area contributed by atoms with E-state index in [4.69, 9.17) is 5.73 Å². The van der Waals surface area contributed by atoms with E-state index in [9.17, 15) is 18.4 Å². The average molecular weight is 316 g/mol. The Morgan fingerprint density at radius 1 is 1.29 bits per heavy atom. The Kier molecular flexibility index (Phi) is 6.61. The number of hydrogen-bond acceptors (Lipinski definition) is 3. The van der Waals surface area contributed by atoms with Gasteiger partial charge >= 0.3 is 0 Å². The van der Waals surface area contributed by atoms with E-state index in [0.717, 1.165) is 0 Å². The van der Waals surface area contributed by atoms with Gasteiger partial charge in [0.15, 0.2) is 0 Å². The molecule has 0 saturated carbocycles. The molecule has 0 aliphatic rings. The summed E-state index contributed by atoms with van der Waals surface area (Å²) in [7, 11) is 0. The minimum Gasteiger partial charge on any atom is -0.368 e. The number of carbonyl (C=O) groups excluding carboxylic acids is 2. The summed E-state index contributed by atoms with van der Waals surface area (Å²) in [6, 6.07) is 5.00. The van der Waals surface area contributed by atoms with Gasteiger partial charge in [0, 0.05) is 10.5 Å². The van der Waals surface area contributed by atoms with E-state index in [-0.39, 0.29) is 5.92 Å². The molecule has 4 nitrogen and oxygen atoms in total. The molecular weight excluding hydrogens is 298 g/mol. The van der Waals surface area contributed by atoms with Gasteiger partial charge in [0.2, 0.25) is 5.91 Å². The van der Waals surface area contributed by atoms with Crippen LogP contribution in [0.15, 0.2) is 29.2 Å². The third kappa shape index (κ3) is 5.34. The molecule has 1 aromatic rings. The van der Waals surface area contributed by atoms with E-state index in [1.54, 1.807) is 0 Å². The van der Waals surface area contributed by atoms with Gasteiger partial charge in [-0.2, -0.15) is 8.78 Å². The molecular formula is C14H18F2N2O2S. The number of thioether (sulfide) groups is 1. The Bertz CT molecular complexity index is 494. The molecule has 21 heavy (non-hydrogen) atoms. The fourth-order valence-corrected chi connectivity index (χ4v) is 2.24. The monoisotopic (exact) mass is 316 g/mol. The summed E-state index contributed by atoms with van der Waals surface area (Å²) in [5, 5.41) is 2.58. The van der Waals surface area contributed by atoms with Crippen molar-refractivity contribution in [3.05, 3.63) is 29.8 Å². The van der Waals surface area contributed by atoms with Crippen LogP contribution in [0.3, 0.4) is 0 Å². The molecule has 2 atom stereocenters. The fraction of sp³-hybridized carbons (Fsp3) is 0.429. The Morgan fingerprint density at radius 2 is 1.86 bits per heavy atom. The minimum atomic E-state index is -2.51. The lowest BCUT2D eigenvalue weighted by atomic mass is 9.98. The van der Waals surface area contributed by atoms with Crippen LogP contribution >= 0.6 is 11.8 Å². The van der Waals surface area contributed by atoms with E-state index < -0.39 is 23.6 Å². The number of rotatable bonds is 7. The quantitative estimate of drug-likeness (QED) is 0.760. The van der Waals surface area contributed by atoms with Crippen LogP contribution in [0, 0.1) is 5.92 Å². The highest BCUT2D eigenvalue weighted by atomic mass is 32.2. The molecule has 0 aromatic heterocycles. The van der Waals surface area contributed by atoms with Gasteiger partial charge in [0.1, 0.15) is 6.04 Å². The molecule has 3 N–H and O–H groups in total. The van der Waals surface area contributed by atoms with Crippen molar-refractivity contribution in [2.24, 2.45) is 11.7 Å². The van der Waals surface area contributed by atoms with Gasteiger partial charge in [-0.15, -0.1) is 0 Å². The number of nitrogens with one attached hydrogen (secondary N) is 1. The smallest absolute Gasteiger partial charge is 0.288 e. The number of benzene rings is 1. The second-order valence-electron chi connectivity index (χ2n) is 4.64. The first-order valence-corrected chi connectivity index (χ1v) is 7.38. The lowest BCUT2D eigenvalue weighted by molar-refractivity contribution is -0.120. The first kappa shape index (κ1) is 17.4. The van der Waals surface area contributed by atoms with Crippen LogP contribution in [-0.2, 0) is 4.79 Å². The molecule has 0 spiro atoms. The van der Waals surface area contributed by atoms with Gasteiger partial charge < -0.3 is 11.1 Å². The van der Waals surface area contributed by atoms with Crippen molar-refractivity contribution in [1.82, 2.24) is 5.32 Å². The Labute approximate surface area is 126 Å². The minimum absolute atomic E-state index is 0.0832. The van der Waals surface area contributed by atoms with Gasteiger partial charge in [-0.1, -0.05) is 32.0 Å². The summed E-state index contributed by atoms with van der Waals surface area (Å²) in [5.74, 6) is -3.63. The predicted molar refractivity (Wildman–Crippen MR) is 78.2 cm³/mol. The molecule has 2 unspecified atom stereocenters. The second kappa shape index (κ2) is 7.97. The van der Waals surface area contributed by atoms with E-state index in [2.05, 4.69) is 5.32 Å². The maximum atomic E-state index is 12.2. The first-order chi connectivity index (χ1) is 9.85. The zero-order valence-electron chi connectivity index (χ0n) is 11.8. The summed E-state index contributed by atoms with van der Waals surface area (Å²) < 4.78 is 24.4. The lowest BCUT2D eigenvalue weighted by Crippen LogP contribution is -2.48. The normalized spacial score (nSPS) is 13.8. The van der Waals surface area contributed by atoms with Crippen molar-refractivity contribution in [2.75, 3.05) is 0 Å². The van der Waals surface area contributed by atoms with Crippen molar-refractivity contribution in [3.63, 3.8) is 0 Å². The highest BCUT2D eigenvalue weighted by molar-refractivity contribution is 7.99. The molecule has 0 radical (unpaired) electrons. The summed E-state index contributed by atoms with van der Waals surface area (Å²) in [5.41, 5.74) is 5.57. The molecule has 0 fully saturated rings. The van der Waals surface area contributed by atoms with Crippen LogP contribution in [0.4, 0.5) is 8.78 Å². The number of carbonyl (C=O) groups is 2. The van der Waals surface area contributed by atoms with Crippen molar-refractivity contribution >= 4 is 23.6 Å². The molecule has 0 aliphatic heterocycles. The topological polar surface area (TPSA) is 72.2 Å². The van der Waals surface area contributed by atoms with Crippen molar-refractivity contribution in [3.8, 4) is 0 Å². The van der Waals surface area contributed by atoms with Gasteiger partial charge in [-0.05, 0) is 30.2 Å². The maximum Gasteiger partial charge on any atom is 0.288 e. The SMILES string of the molecule is CCC(C)C(NC(=O)c1ccc(SC(F)F)cc1)C(N)=O.